The van der Waals surface area contributed by atoms with E-state index in [4.69, 9.17) is 11.5 Å². The zero-order chi connectivity index (χ0) is 11.6. The van der Waals surface area contributed by atoms with Gasteiger partial charge in [-0.15, -0.1) is 0 Å². The standard InChI is InChI=1S/C10H19N3O2/c1-10(2,12)5-3-8(14)13-6-4-7(13)9(11)15/h7H,3-6,12H2,1-2H3,(H2,11,15). The van der Waals surface area contributed by atoms with Crippen LogP contribution in [0.3, 0.4) is 0 Å². The second kappa shape index (κ2) is 4.18. The molecule has 1 atom stereocenters. The van der Waals surface area contributed by atoms with Crippen LogP contribution in [-0.4, -0.2) is 34.8 Å². The molecule has 0 aliphatic carbocycles. The minimum absolute atomic E-state index is 0.0245. The van der Waals surface area contributed by atoms with Gasteiger partial charge in [-0.2, -0.15) is 0 Å². The van der Waals surface area contributed by atoms with E-state index in [0.717, 1.165) is 0 Å². The second-order valence-electron chi connectivity index (χ2n) is 4.78. The van der Waals surface area contributed by atoms with Crippen LogP contribution in [0.2, 0.25) is 0 Å². The molecule has 1 aliphatic rings. The van der Waals surface area contributed by atoms with E-state index in [2.05, 4.69) is 0 Å². The van der Waals surface area contributed by atoms with Gasteiger partial charge in [-0.1, -0.05) is 0 Å². The molecule has 0 bridgehead atoms. The zero-order valence-corrected chi connectivity index (χ0v) is 9.32. The molecule has 0 saturated carbocycles. The van der Waals surface area contributed by atoms with Crippen LogP contribution in [0.15, 0.2) is 0 Å². The van der Waals surface area contributed by atoms with Gasteiger partial charge in [0.05, 0.1) is 0 Å². The summed E-state index contributed by atoms with van der Waals surface area (Å²) in [6.07, 6.45) is 1.69. The summed E-state index contributed by atoms with van der Waals surface area (Å²) < 4.78 is 0. The number of nitrogens with two attached hydrogens (primary N) is 2. The molecule has 4 N–H and O–H groups in total. The highest BCUT2D eigenvalue weighted by Crippen LogP contribution is 2.19. The monoisotopic (exact) mass is 213 g/mol. The number of hydrogen-bond acceptors (Lipinski definition) is 3. The Morgan fingerprint density at radius 2 is 2.07 bits per heavy atom. The quantitative estimate of drug-likeness (QED) is 0.665. The number of hydrogen-bond donors (Lipinski definition) is 2. The third kappa shape index (κ3) is 3.20. The number of primary amides is 1. The lowest BCUT2D eigenvalue weighted by atomic mass is 9.97. The smallest absolute Gasteiger partial charge is 0.240 e. The number of carbonyl (C=O) groups is 2. The number of carbonyl (C=O) groups excluding carboxylic acids is 2. The maximum Gasteiger partial charge on any atom is 0.240 e. The van der Waals surface area contributed by atoms with Crippen molar-refractivity contribution in [2.45, 2.75) is 44.7 Å². The Morgan fingerprint density at radius 3 is 2.40 bits per heavy atom. The average molecular weight is 213 g/mol. The van der Waals surface area contributed by atoms with E-state index < -0.39 is 11.9 Å². The zero-order valence-electron chi connectivity index (χ0n) is 9.32. The van der Waals surface area contributed by atoms with E-state index >= 15 is 0 Å². The summed E-state index contributed by atoms with van der Waals surface area (Å²) in [6.45, 7) is 4.39. The molecule has 0 aromatic rings. The Kier molecular flexibility index (Phi) is 3.34. The van der Waals surface area contributed by atoms with Gasteiger partial charge in [-0.05, 0) is 26.7 Å². The van der Waals surface area contributed by atoms with Gasteiger partial charge in [0, 0.05) is 18.5 Å². The third-order valence-electron chi connectivity index (χ3n) is 2.65. The molecular formula is C10H19N3O2. The molecule has 5 nitrogen and oxygen atoms in total. The Balaban J connectivity index is 2.39. The second-order valence-corrected chi connectivity index (χ2v) is 4.78. The fraction of sp³-hybridized carbons (Fsp3) is 0.800. The molecule has 1 fully saturated rings. The minimum atomic E-state index is -0.415. The minimum Gasteiger partial charge on any atom is -0.368 e. The van der Waals surface area contributed by atoms with E-state index in [1.807, 2.05) is 13.8 Å². The van der Waals surface area contributed by atoms with Gasteiger partial charge in [0.1, 0.15) is 6.04 Å². The van der Waals surface area contributed by atoms with Crippen molar-refractivity contribution in [3.63, 3.8) is 0 Å². The predicted molar refractivity (Wildman–Crippen MR) is 56.8 cm³/mol. The van der Waals surface area contributed by atoms with Crippen LogP contribution in [0, 0.1) is 0 Å². The predicted octanol–water partition coefficient (Wildman–Crippen LogP) is -0.410. The van der Waals surface area contributed by atoms with Crippen LogP contribution < -0.4 is 11.5 Å². The molecule has 86 valence electrons. The molecule has 1 unspecified atom stereocenters. The van der Waals surface area contributed by atoms with Gasteiger partial charge < -0.3 is 16.4 Å². The topological polar surface area (TPSA) is 89.4 Å². The van der Waals surface area contributed by atoms with Gasteiger partial charge in [-0.25, -0.2) is 0 Å². The molecule has 0 spiro atoms. The van der Waals surface area contributed by atoms with Crippen molar-refractivity contribution < 1.29 is 9.59 Å². The summed E-state index contributed by atoms with van der Waals surface area (Å²) in [4.78, 5) is 24.1. The molecule has 2 amide bonds. The van der Waals surface area contributed by atoms with Crippen molar-refractivity contribution >= 4 is 11.8 Å². The Morgan fingerprint density at radius 1 is 1.47 bits per heavy atom. The molecule has 1 aliphatic heterocycles. The lowest BCUT2D eigenvalue weighted by Gasteiger charge is -2.39. The van der Waals surface area contributed by atoms with Gasteiger partial charge >= 0.3 is 0 Å². The normalized spacial score (nSPS) is 21.0. The molecular weight excluding hydrogens is 194 g/mol. The summed E-state index contributed by atoms with van der Waals surface area (Å²) in [5, 5.41) is 0. The Bertz CT molecular complexity index is 270. The van der Waals surface area contributed by atoms with Crippen LogP contribution in [-0.2, 0) is 9.59 Å². The fourth-order valence-electron chi connectivity index (χ4n) is 1.55. The lowest BCUT2D eigenvalue weighted by Crippen LogP contribution is -2.57. The Labute approximate surface area is 89.8 Å². The highest BCUT2D eigenvalue weighted by molar-refractivity contribution is 5.88. The summed E-state index contributed by atoms with van der Waals surface area (Å²) in [5.41, 5.74) is 10.6. The third-order valence-corrected chi connectivity index (χ3v) is 2.65. The Hall–Kier alpha value is -1.10. The first-order valence-corrected chi connectivity index (χ1v) is 5.19. The van der Waals surface area contributed by atoms with Crippen LogP contribution in [0.5, 0.6) is 0 Å². The van der Waals surface area contributed by atoms with Crippen molar-refractivity contribution in [3.05, 3.63) is 0 Å². The van der Waals surface area contributed by atoms with Gasteiger partial charge in [0.15, 0.2) is 0 Å². The van der Waals surface area contributed by atoms with E-state index in [1.165, 1.54) is 4.90 Å². The number of amides is 2. The van der Waals surface area contributed by atoms with Crippen molar-refractivity contribution in [1.82, 2.24) is 4.90 Å². The van der Waals surface area contributed by atoms with Crippen molar-refractivity contribution in [2.75, 3.05) is 6.54 Å². The van der Waals surface area contributed by atoms with E-state index in [-0.39, 0.29) is 11.4 Å². The maximum atomic E-state index is 11.6. The van der Waals surface area contributed by atoms with Crippen molar-refractivity contribution in [3.8, 4) is 0 Å². The largest absolute Gasteiger partial charge is 0.368 e. The van der Waals surface area contributed by atoms with Gasteiger partial charge in [0.2, 0.25) is 11.8 Å². The van der Waals surface area contributed by atoms with Crippen molar-refractivity contribution in [2.24, 2.45) is 11.5 Å². The van der Waals surface area contributed by atoms with E-state index in [1.54, 1.807) is 0 Å². The number of rotatable bonds is 4. The average Bonchev–Trinajstić information content (AvgIpc) is 1.96. The van der Waals surface area contributed by atoms with Crippen LogP contribution in [0.25, 0.3) is 0 Å². The van der Waals surface area contributed by atoms with Crippen LogP contribution in [0.1, 0.15) is 33.1 Å². The van der Waals surface area contributed by atoms with Crippen LogP contribution >= 0.6 is 0 Å². The lowest BCUT2D eigenvalue weighted by molar-refractivity contribution is -0.146. The maximum absolute atomic E-state index is 11.6. The summed E-state index contributed by atoms with van der Waals surface area (Å²) >= 11 is 0. The molecule has 0 aromatic heterocycles. The van der Waals surface area contributed by atoms with Crippen LogP contribution in [0.4, 0.5) is 0 Å². The highest BCUT2D eigenvalue weighted by Gasteiger charge is 2.35. The molecule has 5 heteroatoms. The summed E-state index contributed by atoms with van der Waals surface area (Å²) in [5.74, 6) is -0.440. The first kappa shape index (κ1) is 12.0. The molecule has 0 radical (unpaired) electrons. The van der Waals surface area contributed by atoms with Crippen molar-refractivity contribution in [1.29, 1.82) is 0 Å². The van der Waals surface area contributed by atoms with E-state index in [9.17, 15) is 9.59 Å². The molecule has 1 rings (SSSR count). The first-order valence-electron chi connectivity index (χ1n) is 5.19. The molecule has 1 saturated heterocycles. The summed E-state index contributed by atoms with van der Waals surface area (Å²) in [7, 11) is 0. The van der Waals surface area contributed by atoms with E-state index in [0.29, 0.717) is 25.8 Å². The molecule has 15 heavy (non-hydrogen) atoms. The highest BCUT2D eigenvalue weighted by atomic mass is 16.2. The molecule has 0 aromatic carbocycles. The molecule has 1 heterocycles. The van der Waals surface area contributed by atoms with Gasteiger partial charge in [0.25, 0.3) is 0 Å². The number of likely N-dealkylation sites (tertiary alicyclic amines) is 1. The van der Waals surface area contributed by atoms with Gasteiger partial charge in [-0.3, -0.25) is 9.59 Å². The summed E-state index contributed by atoms with van der Waals surface area (Å²) in [6, 6.07) is -0.390. The number of nitrogens with zero attached hydrogens (tertiary/aromatic N) is 1. The SMILES string of the molecule is CC(C)(N)CCC(=O)N1CCC1C(N)=O. The fourth-order valence-corrected chi connectivity index (χ4v) is 1.55. The first-order chi connectivity index (χ1) is 6.81.